The highest BCUT2D eigenvalue weighted by Gasteiger charge is 2.53. The Morgan fingerprint density at radius 2 is 1.67 bits per heavy atom. The lowest BCUT2D eigenvalue weighted by molar-refractivity contribution is -0.318. The smallest absolute Gasteiger partial charge is 0.311 e. The van der Waals surface area contributed by atoms with Gasteiger partial charge in [0.15, 0.2) is 12.6 Å². The van der Waals surface area contributed by atoms with Crippen molar-refractivity contribution in [2.75, 3.05) is 40.9 Å². The van der Waals surface area contributed by atoms with Crippen LogP contribution in [0, 0.1) is 17.8 Å². The predicted octanol–water partition coefficient (Wildman–Crippen LogP) is 3.96. The number of nitrogens with zero attached hydrogens (tertiary/aromatic N) is 6. The molecule has 5 heterocycles. The molecule has 20 heteroatoms. The van der Waals surface area contributed by atoms with Crippen molar-refractivity contribution >= 4 is 5.97 Å². The Balaban J connectivity index is 1.19. The van der Waals surface area contributed by atoms with E-state index in [1.807, 2.05) is 81.1 Å². The Bertz CT molecular complexity index is 2150. The Labute approximate surface area is 431 Å². The van der Waals surface area contributed by atoms with Crippen molar-refractivity contribution in [2.24, 2.45) is 17.8 Å². The second-order valence-electron chi connectivity index (χ2n) is 22.1. The van der Waals surface area contributed by atoms with Crippen LogP contribution in [0.2, 0.25) is 0 Å². The normalized spacial score (nSPS) is 38.7. The van der Waals surface area contributed by atoms with Gasteiger partial charge in [-0.2, -0.15) is 5.10 Å². The fraction of sp³-hybridized carbons (Fsp3) is 0.774. The number of aliphatic hydroxyl groups excluding tert-OH is 3. The molecule has 0 radical (unpaired) electrons. The molecule has 0 unspecified atom stereocenters. The zero-order valence-corrected chi connectivity index (χ0v) is 45.5. The highest BCUT2D eigenvalue weighted by Crippen LogP contribution is 2.40. The molecule has 73 heavy (non-hydrogen) atoms. The van der Waals surface area contributed by atoms with Gasteiger partial charge in [-0.1, -0.05) is 38.1 Å². The average Bonchev–Trinajstić information content (AvgIpc) is 4.06. The van der Waals surface area contributed by atoms with E-state index in [2.05, 4.69) is 25.4 Å². The number of H-pyrrole nitrogens is 1. The molecule has 412 valence electrons. The number of aromatic nitrogens is 5. The maximum Gasteiger partial charge on any atom is 0.311 e. The first-order valence-electron chi connectivity index (χ1n) is 26.3. The minimum atomic E-state index is -1.83. The van der Waals surface area contributed by atoms with Gasteiger partial charge in [0.25, 0.3) is 0 Å². The maximum absolute atomic E-state index is 14.5. The Morgan fingerprint density at radius 3 is 2.33 bits per heavy atom. The van der Waals surface area contributed by atoms with Gasteiger partial charge in [0.05, 0.1) is 60.0 Å². The largest absolute Gasteiger partial charge is 0.494 e. The van der Waals surface area contributed by atoms with E-state index in [0.717, 1.165) is 29.0 Å². The molecule has 0 aliphatic carbocycles. The number of aromatic amines is 1. The number of ether oxygens (including phenoxy) is 7. The number of nitrogens with one attached hydrogen (secondary N) is 1. The van der Waals surface area contributed by atoms with E-state index in [1.165, 1.54) is 14.0 Å². The molecular formula is C53H87N7O13. The van der Waals surface area contributed by atoms with Crippen LogP contribution in [-0.4, -0.2) is 198 Å². The average molecular weight is 1030 g/mol. The van der Waals surface area contributed by atoms with E-state index >= 15 is 0 Å². The van der Waals surface area contributed by atoms with Crippen molar-refractivity contribution in [2.45, 2.75) is 205 Å². The Morgan fingerprint density at radius 1 is 0.959 bits per heavy atom. The zero-order valence-electron chi connectivity index (χ0n) is 45.5. The van der Waals surface area contributed by atoms with Crippen molar-refractivity contribution in [3.05, 3.63) is 48.5 Å². The molecule has 0 saturated carbocycles. The number of hydrogen-bond donors (Lipinski definition) is 6. The second-order valence-corrected chi connectivity index (χ2v) is 22.1. The Hall–Kier alpha value is -3.64. The predicted molar refractivity (Wildman–Crippen MR) is 271 cm³/mol. The van der Waals surface area contributed by atoms with Crippen LogP contribution in [0.4, 0.5) is 0 Å². The third kappa shape index (κ3) is 14.2. The van der Waals surface area contributed by atoms with Crippen LogP contribution >= 0.6 is 0 Å². The SMILES string of the molecule is CC[C@H]1OC(=O)[C@H](C)[C@@H](O[C@H]2C[C@@](C)(OC)[C@@H](O)[C@H](C)O2)[C@H](C)[C@@H](O[C@@H]2O[C@H](C)C[C@H](N(C)CCc3cn(CCCOc4ccc(-c5cn[nH]c5)cc4)nn3)[C@H]2O)[C@](C)(O)C[C@@H](C)CN(C)[C@H](C)[C@@H](O)[C@]1(C)O. The number of aliphatic hydroxyl groups is 5. The lowest BCUT2D eigenvalue weighted by Gasteiger charge is -2.49. The molecule has 3 aliphatic heterocycles. The summed E-state index contributed by atoms with van der Waals surface area (Å²) < 4.78 is 46.1. The third-order valence-corrected chi connectivity index (χ3v) is 15.9. The fourth-order valence-electron chi connectivity index (χ4n) is 11.2. The standard InChI is InChI=1S/C53H87N7O13/c1-14-42-53(10,66)46(62)35(6)59(12)29-31(2)25-51(8,65)48(33(4)45(34(5)49(64)71-42)72-43-26-52(9,67-13)47(63)36(7)70-43)73-50-44(61)41(24-32(3)69-50)58(11)22-20-39-30-60(57-56-39)21-15-23-68-40-18-16-37(17-19-40)38-27-54-55-28-38/h16-19,27-28,30-36,41-48,50,61-63,65-66H,14-15,20-26,29H2,1-13H3,(H,54,55)/t31-,32-,33+,34-,35-,36+,41+,42-,43+,44-,45+,46-,47+,48-,50+,51-,52-,53-/m1/s1. The molecule has 18 atom stereocenters. The number of rotatable bonds is 16. The number of carbonyl (C=O) groups excluding carboxylic acids is 1. The summed E-state index contributed by atoms with van der Waals surface area (Å²) in [6, 6.07) is 6.91. The summed E-state index contributed by atoms with van der Waals surface area (Å²) in [5, 5.41) is 75.3. The number of carbonyl (C=O) groups is 1. The van der Waals surface area contributed by atoms with E-state index in [1.54, 1.807) is 47.7 Å². The van der Waals surface area contributed by atoms with E-state index in [4.69, 9.17) is 33.2 Å². The highest BCUT2D eigenvalue weighted by molar-refractivity contribution is 5.73. The summed E-state index contributed by atoms with van der Waals surface area (Å²) >= 11 is 0. The molecular weight excluding hydrogens is 943 g/mol. The van der Waals surface area contributed by atoms with E-state index < -0.39 is 102 Å². The van der Waals surface area contributed by atoms with Gasteiger partial charge in [-0.25, -0.2) is 0 Å². The van der Waals surface area contributed by atoms with E-state index in [0.29, 0.717) is 39.1 Å². The number of esters is 1. The molecule has 3 aliphatic rings. The van der Waals surface area contributed by atoms with Crippen molar-refractivity contribution in [3.8, 4) is 16.9 Å². The molecule has 0 bridgehead atoms. The van der Waals surface area contributed by atoms with Gasteiger partial charge in [0, 0.05) is 82.0 Å². The summed E-state index contributed by atoms with van der Waals surface area (Å²) in [5.74, 6) is -1.98. The minimum Gasteiger partial charge on any atom is -0.494 e. The van der Waals surface area contributed by atoms with Crippen LogP contribution in [-0.2, 0) is 46.2 Å². The topological polar surface area (TPSA) is 249 Å². The number of cyclic esters (lactones) is 1. The van der Waals surface area contributed by atoms with Crippen molar-refractivity contribution in [1.29, 1.82) is 0 Å². The van der Waals surface area contributed by atoms with Crippen molar-refractivity contribution in [1.82, 2.24) is 35.0 Å². The highest BCUT2D eigenvalue weighted by atomic mass is 16.7. The summed E-state index contributed by atoms with van der Waals surface area (Å²) in [5.41, 5.74) is -1.65. The quantitative estimate of drug-likeness (QED) is 0.0878. The number of hydrogen-bond acceptors (Lipinski definition) is 18. The van der Waals surface area contributed by atoms with E-state index in [9.17, 15) is 30.3 Å². The number of likely N-dealkylation sites (N-methyl/N-ethyl adjacent to an activating group) is 2. The molecule has 3 saturated heterocycles. The van der Waals surface area contributed by atoms with Crippen molar-refractivity contribution < 1.29 is 63.5 Å². The van der Waals surface area contributed by atoms with Gasteiger partial charge in [-0.05, 0) is 105 Å². The first kappa shape index (κ1) is 58.6. The van der Waals surface area contributed by atoms with E-state index in [-0.39, 0.29) is 31.3 Å². The van der Waals surface area contributed by atoms with Crippen LogP contribution in [0.1, 0.15) is 107 Å². The van der Waals surface area contributed by atoms with Gasteiger partial charge in [-0.15, -0.1) is 5.10 Å². The third-order valence-electron chi connectivity index (χ3n) is 15.9. The summed E-state index contributed by atoms with van der Waals surface area (Å²) in [6.45, 7) is 19.7. The fourth-order valence-corrected chi connectivity index (χ4v) is 11.2. The van der Waals surface area contributed by atoms with Gasteiger partial charge in [0.1, 0.15) is 35.8 Å². The van der Waals surface area contributed by atoms with Crippen molar-refractivity contribution in [3.63, 3.8) is 0 Å². The molecule has 2 aromatic heterocycles. The first-order chi connectivity index (χ1) is 34.4. The summed E-state index contributed by atoms with van der Waals surface area (Å²) in [4.78, 5) is 18.5. The summed E-state index contributed by atoms with van der Waals surface area (Å²) in [6.07, 6.45) is -2.13. The summed E-state index contributed by atoms with van der Waals surface area (Å²) in [7, 11) is 5.29. The maximum atomic E-state index is 14.5. The van der Waals surface area contributed by atoms with Crippen LogP contribution in [0.15, 0.2) is 42.9 Å². The zero-order chi connectivity index (χ0) is 53.6. The molecule has 1 aromatic carbocycles. The van der Waals surface area contributed by atoms with Crippen LogP contribution in [0.25, 0.3) is 11.1 Å². The van der Waals surface area contributed by atoms with Gasteiger partial charge >= 0.3 is 5.97 Å². The molecule has 3 fully saturated rings. The monoisotopic (exact) mass is 1030 g/mol. The lowest BCUT2D eigenvalue weighted by atomic mass is 9.77. The number of methoxy groups -OCH3 is 1. The minimum absolute atomic E-state index is 0.104. The van der Waals surface area contributed by atoms with Gasteiger partial charge in [0.2, 0.25) is 0 Å². The molecule has 6 N–H and O–H groups in total. The number of benzene rings is 1. The van der Waals surface area contributed by atoms with Crippen LogP contribution in [0.5, 0.6) is 5.75 Å². The molecule has 6 rings (SSSR count). The van der Waals surface area contributed by atoms with Gasteiger partial charge in [-0.3, -0.25) is 14.6 Å². The molecule has 3 aromatic rings. The number of aryl methyl sites for hydroxylation is 1. The Kier molecular flexibility index (Phi) is 20.1. The van der Waals surface area contributed by atoms with Gasteiger partial charge < -0.3 is 68.5 Å². The first-order valence-corrected chi connectivity index (χ1v) is 26.3. The molecule has 20 nitrogen and oxygen atoms in total. The van der Waals surface area contributed by atoms with Crippen LogP contribution < -0.4 is 4.74 Å². The molecule has 0 spiro atoms. The second kappa shape index (κ2) is 25.0. The lowest BCUT2D eigenvalue weighted by Crippen LogP contribution is -2.61. The van der Waals surface area contributed by atoms with Crippen LogP contribution in [0.3, 0.4) is 0 Å². The molecule has 0 amide bonds.